The normalized spacial score (nSPS) is 18.8. The van der Waals surface area contributed by atoms with Crippen molar-refractivity contribution in [2.24, 2.45) is 0 Å². The van der Waals surface area contributed by atoms with E-state index in [1.165, 1.54) is 17.0 Å². The number of hydrogen-bond acceptors (Lipinski definition) is 5. The van der Waals surface area contributed by atoms with Crippen LogP contribution in [0, 0.1) is 5.82 Å². The summed E-state index contributed by atoms with van der Waals surface area (Å²) in [7, 11) is 0. The van der Waals surface area contributed by atoms with Crippen LogP contribution in [0.4, 0.5) is 9.18 Å². The van der Waals surface area contributed by atoms with Crippen LogP contribution in [0.2, 0.25) is 0 Å². The minimum absolute atomic E-state index is 0.0815. The van der Waals surface area contributed by atoms with Crippen LogP contribution < -0.4 is 10.6 Å². The lowest BCUT2D eigenvalue weighted by Gasteiger charge is -2.31. The molecule has 2 aromatic carbocycles. The fourth-order valence-electron chi connectivity index (χ4n) is 4.70. The number of imide groups is 1. The second kappa shape index (κ2) is 8.39. The smallest absolute Gasteiger partial charge is 0.322 e. The Hall–Kier alpha value is -4.37. The number of thiophene rings is 1. The van der Waals surface area contributed by atoms with Crippen LogP contribution in [0.15, 0.2) is 79.0 Å². The summed E-state index contributed by atoms with van der Waals surface area (Å²) in [5.74, 6) is -1.42. The maximum Gasteiger partial charge on any atom is 0.322 e. The largest absolute Gasteiger partial charge is 0.331 e. The summed E-state index contributed by atoms with van der Waals surface area (Å²) in [6.45, 7) is 0.144. The Morgan fingerprint density at radius 1 is 0.972 bits per heavy atom. The lowest BCUT2D eigenvalue weighted by molar-refractivity contribution is -0.124. The number of carbonyl (C=O) groups excluding carboxylic acids is 3. The van der Waals surface area contributed by atoms with Crippen molar-refractivity contribution in [3.8, 4) is 21.0 Å². The molecule has 178 valence electrons. The number of fused-ring (bicyclic) bond motifs is 1. The van der Waals surface area contributed by atoms with Gasteiger partial charge >= 0.3 is 6.03 Å². The fraction of sp³-hybridized carbons (Fsp3) is 0.111. The molecule has 1 saturated heterocycles. The van der Waals surface area contributed by atoms with Gasteiger partial charge in [0.05, 0.1) is 17.1 Å². The molecule has 0 unspecified atom stereocenters. The Kier molecular flexibility index (Phi) is 5.15. The van der Waals surface area contributed by atoms with E-state index in [2.05, 4.69) is 15.6 Å². The minimum Gasteiger partial charge on any atom is -0.331 e. The summed E-state index contributed by atoms with van der Waals surface area (Å²) in [5.41, 5.74) is 1.88. The average molecular weight is 499 g/mol. The molecular formula is C27H19FN4O3S. The number of carbonyl (C=O) groups is 3. The number of nitrogens with zero attached hydrogens (tertiary/aromatic N) is 2. The van der Waals surface area contributed by atoms with Gasteiger partial charge in [-0.1, -0.05) is 36.4 Å². The molecule has 2 aromatic heterocycles. The molecule has 0 bridgehead atoms. The van der Waals surface area contributed by atoms with Crippen LogP contribution in [0.5, 0.6) is 0 Å². The van der Waals surface area contributed by atoms with Crippen molar-refractivity contribution in [1.29, 1.82) is 0 Å². The van der Waals surface area contributed by atoms with Crippen molar-refractivity contribution >= 4 is 29.2 Å². The topological polar surface area (TPSA) is 91.4 Å². The van der Waals surface area contributed by atoms with Gasteiger partial charge in [0.1, 0.15) is 5.82 Å². The van der Waals surface area contributed by atoms with E-state index in [0.29, 0.717) is 11.1 Å². The molecule has 0 radical (unpaired) electrons. The van der Waals surface area contributed by atoms with Gasteiger partial charge in [-0.15, -0.1) is 11.3 Å². The predicted molar refractivity (Wildman–Crippen MR) is 132 cm³/mol. The van der Waals surface area contributed by atoms with Crippen molar-refractivity contribution in [2.45, 2.75) is 12.1 Å². The van der Waals surface area contributed by atoms with Gasteiger partial charge in [0.25, 0.3) is 11.8 Å². The molecule has 0 aliphatic carbocycles. The number of aromatic nitrogens is 1. The maximum atomic E-state index is 13.7. The zero-order valence-electron chi connectivity index (χ0n) is 18.8. The van der Waals surface area contributed by atoms with E-state index in [1.54, 1.807) is 35.7 Å². The molecule has 0 spiro atoms. The summed E-state index contributed by atoms with van der Waals surface area (Å²) in [6, 6.07) is 20.6. The lowest BCUT2D eigenvalue weighted by atomic mass is 9.88. The van der Waals surface area contributed by atoms with E-state index in [0.717, 1.165) is 21.0 Å². The summed E-state index contributed by atoms with van der Waals surface area (Å²) in [6.07, 6.45) is 1.75. The average Bonchev–Trinajstić information content (AvgIpc) is 3.57. The molecule has 4 amide bonds. The molecule has 0 saturated carbocycles. The van der Waals surface area contributed by atoms with Crippen LogP contribution in [-0.4, -0.2) is 34.3 Å². The first kappa shape index (κ1) is 22.1. The number of hydrogen-bond donors (Lipinski definition) is 2. The van der Waals surface area contributed by atoms with Gasteiger partial charge in [0.2, 0.25) is 0 Å². The summed E-state index contributed by atoms with van der Waals surface area (Å²) in [4.78, 5) is 46.1. The number of rotatable bonds is 5. The third kappa shape index (κ3) is 3.64. The zero-order valence-corrected chi connectivity index (χ0v) is 19.6. The van der Waals surface area contributed by atoms with E-state index in [1.807, 2.05) is 42.5 Å². The molecule has 2 aliphatic heterocycles. The Labute approximate surface area is 209 Å². The minimum atomic E-state index is -1.46. The molecule has 1 fully saturated rings. The van der Waals surface area contributed by atoms with E-state index < -0.39 is 23.3 Å². The maximum absolute atomic E-state index is 13.7. The van der Waals surface area contributed by atoms with Crippen molar-refractivity contribution < 1.29 is 18.8 Å². The van der Waals surface area contributed by atoms with Crippen LogP contribution >= 0.6 is 11.3 Å². The Morgan fingerprint density at radius 2 is 1.78 bits per heavy atom. The molecule has 2 N–H and O–H groups in total. The first-order valence-corrected chi connectivity index (χ1v) is 12.1. The van der Waals surface area contributed by atoms with Crippen molar-refractivity contribution in [3.05, 3.63) is 102 Å². The quantitative estimate of drug-likeness (QED) is 0.401. The van der Waals surface area contributed by atoms with Crippen LogP contribution in [0.25, 0.3) is 21.0 Å². The number of benzene rings is 2. The molecule has 1 atom stereocenters. The van der Waals surface area contributed by atoms with E-state index in [9.17, 15) is 18.8 Å². The third-order valence-corrected chi connectivity index (χ3v) is 7.66. The fourth-order valence-corrected chi connectivity index (χ4v) is 5.69. The second-order valence-corrected chi connectivity index (χ2v) is 9.82. The SMILES string of the molecule is O=C1NC(=O)[C@](CN2Cc3ccc(F)cc3C2=O)(c2ccc(-c3ccc(-c4ccccn4)s3)cc2)N1. The highest BCUT2D eigenvalue weighted by atomic mass is 32.1. The zero-order chi connectivity index (χ0) is 24.9. The van der Waals surface area contributed by atoms with E-state index in [-0.39, 0.29) is 24.6 Å². The number of amides is 4. The van der Waals surface area contributed by atoms with Crippen molar-refractivity contribution in [2.75, 3.05) is 6.54 Å². The second-order valence-electron chi connectivity index (χ2n) is 8.73. The van der Waals surface area contributed by atoms with Gasteiger partial charge in [-0.25, -0.2) is 9.18 Å². The summed E-state index contributed by atoms with van der Waals surface area (Å²) < 4.78 is 13.7. The molecular weight excluding hydrogens is 479 g/mol. The van der Waals surface area contributed by atoms with Gasteiger partial charge < -0.3 is 10.2 Å². The first-order chi connectivity index (χ1) is 17.4. The highest BCUT2D eigenvalue weighted by Crippen LogP contribution is 2.36. The van der Waals surface area contributed by atoms with Gasteiger partial charge in [-0.2, -0.15) is 0 Å². The lowest BCUT2D eigenvalue weighted by Crippen LogP contribution is -2.52. The van der Waals surface area contributed by atoms with Crippen LogP contribution in [0.1, 0.15) is 21.5 Å². The summed E-state index contributed by atoms with van der Waals surface area (Å²) in [5, 5.41) is 5.03. The molecule has 2 aliphatic rings. The van der Waals surface area contributed by atoms with E-state index in [4.69, 9.17) is 0 Å². The van der Waals surface area contributed by atoms with Gasteiger partial charge in [0.15, 0.2) is 5.54 Å². The van der Waals surface area contributed by atoms with Crippen LogP contribution in [-0.2, 0) is 16.9 Å². The standard InChI is InChI=1S/C27H19FN4O3S/c28-19-9-6-17-14-32(24(33)20(17)13-19)15-27(25(34)30-26(35)31-27)18-7-4-16(5-8-18)22-10-11-23(36-22)21-3-1-2-12-29-21/h1-13H,14-15H2,(H2,30,31,34,35)/t27-/m0/s1. The number of urea groups is 1. The van der Waals surface area contributed by atoms with E-state index >= 15 is 0 Å². The Morgan fingerprint density at radius 3 is 2.50 bits per heavy atom. The van der Waals surface area contributed by atoms with Crippen molar-refractivity contribution in [3.63, 3.8) is 0 Å². The number of nitrogens with one attached hydrogen (secondary N) is 2. The van der Waals surface area contributed by atoms with Gasteiger partial charge in [-0.3, -0.25) is 19.9 Å². The highest BCUT2D eigenvalue weighted by Gasteiger charge is 2.50. The highest BCUT2D eigenvalue weighted by molar-refractivity contribution is 7.18. The Balaban J connectivity index is 1.30. The van der Waals surface area contributed by atoms with Crippen molar-refractivity contribution in [1.82, 2.24) is 20.5 Å². The van der Waals surface area contributed by atoms with Gasteiger partial charge in [-0.05, 0) is 53.1 Å². The predicted octanol–water partition coefficient (Wildman–Crippen LogP) is 4.31. The monoisotopic (exact) mass is 498 g/mol. The molecule has 7 nitrogen and oxygen atoms in total. The third-order valence-electron chi connectivity index (χ3n) is 6.51. The molecule has 6 rings (SSSR count). The summed E-state index contributed by atoms with van der Waals surface area (Å²) >= 11 is 1.60. The number of pyridine rings is 1. The number of halogens is 1. The van der Waals surface area contributed by atoms with Crippen LogP contribution in [0.3, 0.4) is 0 Å². The molecule has 9 heteroatoms. The molecule has 4 heterocycles. The van der Waals surface area contributed by atoms with Gasteiger partial charge in [0, 0.05) is 23.2 Å². The first-order valence-electron chi connectivity index (χ1n) is 11.3. The Bertz CT molecular complexity index is 1520. The molecule has 36 heavy (non-hydrogen) atoms. The molecule has 4 aromatic rings.